The minimum absolute atomic E-state index is 0.106. The van der Waals surface area contributed by atoms with Crippen LogP contribution in [0.2, 0.25) is 0 Å². The zero-order chi connectivity index (χ0) is 17.1. The van der Waals surface area contributed by atoms with Crippen molar-refractivity contribution in [2.75, 3.05) is 0 Å². The van der Waals surface area contributed by atoms with Crippen LogP contribution < -0.4 is 5.32 Å². The molecule has 1 heterocycles. The summed E-state index contributed by atoms with van der Waals surface area (Å²) in [5.74, 6) is 0.106. The summed E-state index contributed by atoms with van der Waals surface area (Å²) in [6, 6.07) is 17.0. The number of nitrogens with zero attached hydrogens (tertiary/aromatic N) is 1. The van der Waals surface area contributed by atoms with Crippen molar-refractivity contribution in [1.29, 1.82) is 0 Å². The molecule has 0 radical (unpaired) electrons. The third-order valence-electron chi connectivity index (χ3n) is 4.82. The van der Waals surface area contributed by atoms with Gasteiger partial charge in [0.15, 0.2) is 0 Å². The van der Waals surface area contributed by atoms with E-state index in [1.165, 1.54) is 30.4 Å². The Hall–Kier alpha value is -2.20. The largest absolute Gasteiger partial charge is 0.353 e. The van der Waals surface area contributed by atoms with Gasteiger partial charge in [0.25, 0.3) is 0 Å². The van der Waals surface area contributed by atoms with Crippen LogP contribution >= 0.6 is 11.3 Å². The first kappa shape index (κ1) is 16.3. The highest BCUT2D eigenvalue weighted by molar-refractivity contribution is 7.18. The molecule has 0 atom stereocenters. The zero-order valence-corrected chi connectivity index (χ0v) is 15.0. The monoisotopic (exact) mass is 350 g/mol. The Balaban J connectivity index is 1.48. The van der Waals surface area contributed by atoms with Crippen LogP contribution in [0.1, 0.15) is 37.1 Å². The molecule has 4 heteroatoms. The predicted octanol–water partition coefficient (Wildman–Crippen LogP) is 4.95. The van der Waals surface area contributed by atoms with Gasteiger partial charge < -0.3 is 5.32 Å². The molecule has 3 aromatic rings. The van der Waals surface area contributed by atoms with Crippen molar-refractivity contribution in [1.82, 2.24) is 10.3 Å². The molecule has 1 fully saturated rings. The highest BCUT2D eigenvalue weighted by atomic mass is 32.1. The number of hydrogen-bond donors (Lipinski definition) is 1. The normalized spacial score (nSPS) is 15.4. The number of thiazole rings is 1. The number of carbonyl (C=O) groups is 1. The molecular formula is C21H22N2OS. The molecule has 1 aliphatic carbocycles. The minimum atomic E-state index is 0.106. The van der Waals surface area contributed by atoms with Gasteiger partial charge in [-0.25, -0.2) is 4.98 Å². The summed E-state index contributed by atoms with van der Waals surface area (Å²) in [5.41, 5.74) is 3.37. The SMILES string of the molecule is O=C(Cc1nc2ccc(-c3ccccc3)cc2s1)NC1CCCCC1. The molecule has 1 aliphatic rings. The van der Waals surface area contributed by atoms with Crippen LogP contribution in [0.15, 0.2) is 48.5 Å². The van der Waals surface area contributed by atoms with Crippen molar-refractivity contribution in [3.05, 3.63) is 53.5 Å². The van der Waals surface area contributed by atoms with Crippen LogP contribution in [0.3, 0.4) is 0 Å². The van der Waals surface area contributed by atoms with Gasteiger partial charge in [0.2, 0.25) is 5.91 Å². The lowest BCUT2D eigenvalue weighted by Crippen LogP contribution is -2.37. The van der Waals surface area contributed by atoms with E-state index >= 15 is 0 Å². The van der Waals surface area contributed by atoms with Gasteiger partial charge >= 0.3 is 0 Å². The van der Waals surface area contributed by atoms with Gasteiger partial charge in [0.05, 0.1) is 16.6 Å². The standard InChI is InChI=1S/C21H22N2OS/c24-20(22-17-9-5-2-6-10-17)14-21-23-18-12-11-16(13-19(18)25-21)15-7-3-1-4-8-15/h1,3-4,7-8,11-13,17H,2,5-6,9-10,14H2,(H,22,24). The molecule has 3 nitrogen and oxygen atoms in total. The van der Waals surface area contributed by atoms with E-state index in [2.05, 4.69) is 40.6 Å². The first-order valence-corrected chi connectivity index (χ1v) is 9.84. The highest BCUT2D eigenvalue weighted by Gasteiger charge is 2.17. The van der Waals surface area contributed by atoms with Crippen LogP contribution in [-0.2, 0) is 11.2 Å². The average Bonchev–Trinajstić information content (AvgIpc) is 3.04. The van der Waals surface area contributed by atoms with Crippen LogP contribution in [0.4, 0.5) is 0 Å². The molecule has 0 aliphatic heterocycles. The van der Waals surface area contributed by atoms with Crippen molar-refractivity contribution in [3.8, 4) is 11.1 Å². The van der Waals surface area contributed by atoms with Gasteiger partial charge in [-0.1, -0.05) is 55.7 Å². The Morgan fingerprint density at radius 1 is 1.04 bits per heavy atom. The summed E-state index contributed by atoms with van der Waals surface area (Å²) in [5, 5.41) is 4.07. The highest BCUT2D eigenvalue weighted by Crippen LogP contribution is 2.28. The second-order valence-electron chi connectivity index (χ2n) is 6.74. The number of fused-ring (bicyclic) bond motifs is 1. The van der Waals surface area contributed by atoms with E-state index in [1.807, 2.05) is 18.2 Å². The molecule has 1 aromatic heterocycles. The number of nitrogens with one attached hydrogen (secondary N) is 1. The molecular weight excluding hydrogens is 328 g/mol. The molecule has 2 aromatic carbocycles. The van der Waals surface area contributed by atoms with Crippen molar-refractivity contribution in [2.24, 2.45) is 0 Å². The maximum absolute atomic E-state index is 12.3. The van der Waals surface area contributed by atoms with E-state index in [9.17, 15) is 4.79 Å². The molecule has 0 unspecified atom stereocenters. The van der Waals surface area contributed by atoms with E-state index in [0.717, 1.165) is 28.1 Å². The summed E-state index contributed by atoms with van der Waals surface area (Å²) < 4.78 is 1.14. The second-order valence-corrected chi connectivity index (χ2v) is 7.85. The fraction of sp³-hybridized carbons (Fsp3) is 0.333. The van der Waals surface area contributed by atoms with Crippen LogP contribution in [-0.4, -0.2) is 16.9 Å². The summed E-state index contributed by atoms with van der Waals surface area (Å²) in [6.07, 6.45) is 6.38. The van der Waals surface area contributed by atoms with Gasteiger partial charge in [-0.15, -0.1) is 11.3 Å². The van der Waals surface area contributed by atoms with Crippen molar-refractivity contribution < 1.29 is 4.79 Å². The Labute approximate surface area is 152 Å². The summed E-state index contributed by atoms with van der Waals surface area (Å²) in [6.45, 7) is 0. The van der Waals surface area contributed by atoms with Crippen molar-refractivity contribution in [3.63, 3.8) is 0 Å². The summed E-state index contributed by atoms with van der Waals surface area (Å²) >= 11 is 1.62. The van der Waals surface area contributed by atoms with Gasteiger partial charge in [0.1, 0.15) is 5.01 Å². The van der Waals surface area contributed by atoms with E-state index in [0.29, 0.717) is 12.5 Å². The first-order valence-electron chi connectivity index (χ1n) is 9.02. The minimum Gasteiger partial charge on any atom is -0.353 e. The molecule has 1 N–H and O–H groups in total. The van der Waals surface area contributed by atoms with E-state index < -0.39 is 0 Å². The molecule has 25 heavy (non-hydrogen) atoms. The van der Waals surface area contributed by atoms with Crippen LogP contribution in [0, 0.1) is 0 Å². The van der Waals surface area contributed by atoms with Crippen molar-refractivity contribution >= 4 is 27.5 Å². The fourth-order valence-electron chi connectivity index (χ4n) is 3.52. The second kappa shape index (κ2) is 7.36. The lowest BCUT2D eigenvalue weighted by Gasteiger charge is -2.22. The number of amides is 1. The Morgan fingerprint density at radius 3 is 2.64 bits per heavy atom. The molecule has 4 rings (SSSR count). The number of rotatable bonds is 4. The Morgan fingerprint density at radius 2 is 1.84 bits per heavy atom. The maximum Gasteiger partial charge on any atom is 0.227 e. The molecule has 0 bridgehead atoms. The van der Waals surface area contributed by atoms with E-state index in [-0.39, 0.29) is 5.91 Å². The average molecular weight is 350 g/mol. The first-order chi connectivity index (χ1) is 12.3. The number of carbonyl (C=O) groups excluding carboxylic acids is 1. The summed E-state index contributed by atoms with van der Waals surface area (Å²) in [7, 11) is 0. The van der Waals surface area contributed by atoms with Crippen LogP contribution in [0.25, 0.3) is 21.3 Å². The van der Waals surface area contributed by atoms with Gasteiger partial charge in [0, 0.05) is 6.04 Å². The molecule has 0 spiro atoms. The predicted molar refractivity (Wildman–Crippen MR) is 104 cm³/mol. The Kier molecular flexibility index (Phi) is 4.79. The molecule has 1 amide bonds. The topological polar surface area (TPSA) is 42.0 Å². The van der Waals surface area contributed by atoms with Gasteiger partial charge in [-0.2, -0.15) is 0 Å². The van der Waals surface area contributed by atoms with Gasteiger partial charge in [-0.3, -0.25) is 4.79 Å². The smallest absolute Gasteiger partial charge is 0.227 e. The quantitative estimate of drug-likeness (QED) is 0.723. The number of aromatic nitrogens is 1. The third kappa shape index (κ3) is 3.90. The van der Waals surface area contributed by atoms with E-state index in [1.54, 1.807) is 11.3 Å². The fourth-order valence-corrected chi connectivity index (χ4v) is 4.53. The third-order valence-corrected chi connectivity index (χ3v) is 5.84. The number of hydrogen-bond acceptors (Lipinski definition) is 3. The lowest BCUT2D eigenvalue weighted by molar-refractivity contribution is -0.121. The lowest BCUT2D eigenvalue weighted by atomic mass is 9.95. The maximum atomic E-state index is 12.3. The molecule has 128 valence electrons. The zero-order valence-electron chi connectivity index (χ0n) is 14.2. The Bertz CT molecular complexity index is 866. The summed E-state index contributed by atoms with van der Waals surface area (Å²) in [4.78, 5) is 16.9. The molecule has 1 saturated carbocycles. The molecule has 0 saturated heterocycles. The van der Waals surface area contributed by atoms with Crippen molar-refractivity contribution in [2.45, 2.75) is 44.6 Å². The van der Waals surface area contributed by atoms with Gasteiger partial charge in [-0.05, 0) is 36.1 Å². The van der Waals surface area contributed by atoms with E-state index in [4.69, 9.17) is 0 Å². The van der Waals surface area contributed by atoms with Crippen LogP contribution in [0.5, 0.6) is 0 Å². The number of benzene rings is 2.